The molecule has 2 aromatic carbocycles. The van der Waals surface area contributed by atoms with E-state index >= 15 is 0 Å². The lowest BCUT2D eigenvalue weighted by Crippen LogP contribution is -2.28. The third-order valence-corrected chi connectivity index (χ3v) is 4.31. The summed E-state index contributed by atoms with van der Waals surface area (Å²) in [6.07, 6.45) is 0. The molecule has 0 amide bonds. The van der Waals surface area contributed by atoms with Crippen molar-refractivity contribution in [1.29, 1.82) is 0 Å². The highest BCUT2D eigenvalue weighted by Gasteiger charge is 2.22. The summed E-state index contributed by atoms with van der Waals surface area (Å²) < 4.78 is 1.28. The van der Waals surface area contributed by atoms with Crippen LogP contribution in [-0.4, -0.2) is 20.7 Å². The van der Waals surface area contributed by atoms with Crippen molar-refractivity contribution >= 4 is 28.8 Å². The van der Waals surface area contributed by atoms with E-state index in [2.05, 4.69) is 10.4 Å². The molecule has 6 nitrogen and oxygen atoms in total. The number of phenols is 1. The zero-order chi connectivity index (χ0) is 19.6. The van der Waals surface area contributed by atoms with Crippen LogP contribution >= 0.6 is 11.6 Å². The van der Waals surface area contributed by atoms with Gasteiger partial charge in [-0.25, -0.2) is 4.68 Å². The number of aryl methyl sites for hydroxylation is 1. The van der Waals surface area contributed by atoms with Crippen LogP contribution in [-0.2, 0) is 6.54 Å². The zero-order valence-corrected chi connectivity index (χ0v) is 15.6. The molecule has 1 aromatic heterocycles. The third kappa shape index (κ3) is 3.71. The van der Waals surface area contributed by atoms with Crippen LogP contribution in [0.25, 0.3) is 11.3 Å². The van der Waals surface area contributed by atoms with Crippen molar-refractivity contribution in [3.05, 3.63) is 69.5 Å². The molecule has 7 heteroatoms. The van der Waals surface area contributed by atoms with E-state index in [1.807, 2.05) is 30.3 Å². The maximum Gasteiger partial charge on any atom is 0.291 e. The summed E-state index contributed by atoms with van der Waals surface area (Å²) >= 11 is 6.00. The Morgan fingerprint density at radius 3 is 2.56 bits per heavy atom. The Balaban J connectivity index is 2.30. The molecular weight excluding hydrogens is 366 g/mol. The molecule has 0 aliphatic rings. The average molecular weight is 384 g/mol. The zero-order valence-electron chi connectivity index (χ0n) is 14.9. The minimum atomic E-state index is -0.457. The number of carbonyl (C=O) groups excluding carboxylic acids is 1. The largest absolute Gasteiger partial charge is 0.506 e. The van der Waals surface area contributed by atoms with E-state index in [1.165, 1.54) is 29.8 Å². The fraction of sp³-hybridized carbons (Fsp3) is 0.150. The topological polar surface area (TPSA) is 84.2 Å². The number of Topliss-reactive ketones (excluding diaryl/α,β-unsaturated/α-hetero) is 1. The van der Waals surface area contributed by atoms with Crippen LogP contribution in [0.1, 0.15) is 24.2 Å². The van der Waals surface area contributed by atoms with Crippen LogP contribution in [0.4, 0.5) is 11.4 Å². The van der Waals surface area contributed by atoms with E-state index in [9.17, 15) is 14.7 Å². The van der Waals surface area contributed by atoms with Crippen LogP contribution < -0.4 is 10.9 Å². The highest BCUT2D eigenvalue weighted by atomic mass is 35.5. The number of aromatic hydroxyl groups is 1. The summed E-state index contributed by atoms with van der Waals surface area (Å²) in [5, 5.41) is 17.7. The van der Waals surface area contributed by atoms with Crippen molar-refractivity contribution in [2.75, 3.05) is 5.32 Å². The summed E-state index contributed by atoms with van der Waals surface area (Å²) in [6.45, 7) is 3.49. The summed E-state index contributed by atoms with van der Waals surface area (Å²) in [5.74, 6) is -0.403. The quantitative estimate of drug-likeness (QED) is 0.508. The monoisotopic (exact) mass is 383 g/mol. The molecule has 0 bridgehead atoms. The SMILES string of the molecule is CCn1nc(-c2ccccc2)c(C(C)=O)c(Nc2cc(Cl)ccc2O)c1=O. The molecule has 0 saturated carbocycles. The number of halogens is 1. The van der Waals surface area contributed by atoms with Crippen molar-refractivity contribution in [3.8, 4) is 17.0 Å². The lowest BCUT2D eigenvalue weighted by atomic mass is 10.0. The molecule has 3 aromatic rings. The highest BCUT2D eigenvalue weighted by molar-refractivity contribution is 6.31. The van der Waals surface area contributed by atoms with Crippen LogP contribution in [0.15, 0.2) is 53.3 Å². The molecule has 1 heterocycles. The second kappa shape index (κ2) is 7.63. The van der Waals surface area contributed by atoms with Gasteiger partial charge in [-0.2, -0.15) is 5.10 Å². The number of benzene rings is 2. The van der Waals surface area contributed by atoms with Gasteiger partial charge in [0.25, 0.3) is 5.56 Å². The first-order valence-corrected chi connectivity index (χ1v) is 8.77. The molecule has 0 unspecified atom stereocenters. The standard InChI is InChI=1S/C20H18ClN3O3/c1-3-24-20(27)19(22-15-11-14(21)9-10-16(15)26)17(12(2)25)18(23-24)13-7-5-4-6-8-13/h4-11,22,26H,3H2,1-2H3. The van der Waals surface area contributed by atoms with Gasteiger partial charge in [0.1, 0.15) is 17.1 Å². The Labute approximate surface area is 161 Å². The van der Waals surface area contributed by atoms with Gasteiger partial charge in [0.2, 0.25) is 0 Å². The van der Waals surface area contributed by atoms with E-state index in [-0.39, 0.29) is 28.5 Å². The Morgan fingerprint density at radius 2 is 1.93 bits per heavy atom. The molecule has 27 heavy (non-hydrogen) atoms. The summed E-state index contributed by atoms with van der Waals surface area (Å²) in [7, 11) is 0. The predicted molar refractivity (Wildman–Crippen MR) is 106 cm³/mol. The number of hydrogen-bond acceptors (Lipinski definition) is 5. The summed E-state index contributed by atoms with van der Waals surface area (Å²) in [4.78, 5) is 25.3. The lowest BCUT2D eigenvalue weighted by Gasteiger charge is -2.16. The molecule has 2 N–H and O–H groups in total. The number of rotatable bonds is 5. The smallest absolute Gasteiger partial charge is 0.291 e. The van der Waals surface area contributed by atoms with Crippen molar-refractivity contribution in [2.45, 2.75) is 20.4 Å². The number of phenolic OH excluding ortho intramolecular Hbond substituents is 1. The van der Waals surface area contributed by atoms with Crippen LogP contribution in [0.2, 0.25) is 5.02 Å². The molecule has 3 rings (SSSR count). The molecule has 138 valence electrons. The normalized spacial score (nSPS) is 10.6. The summed E-state index contributed by atoms with van der Waals surface area (Å²) in [5.41, 5.74) is 1.10. The van der Waals surface area contributed by atoms with Gasteiger partial charge in [-0.15, -0.1) is 0 Å². The van der Waals surface area contributed by atoms with Crippen LogP contribution in [0.5, 0.6) is 5.75 Å². The van der Waals surface area contributed by atoms with Crippen molar-refractivity contribution in [3.63, 3.8) is 0 Å². The Bertz CT molecular complexity index is 1060. The third-order valence-electron chi connectivity index (χ3n) is 4.07. The first-order chi connectivity index (χ1) is 12.9. The van der Waals surface area contributed by atoms with E-state index in [0.717, 1.165) is 0 Å². The highest BCUT2D eigenvalue weighted by Crippen LogP contribution is 2.32. The predicted octanol–water partition coefficient (Wildman–Crippen LogP) is 4.24. The van der Waals surface area contributed by atoms with Crippen molar-refractivity contribution in [1.82, 2.24) is 9.78 Å². The first kappa shape index (κ1) is 18.7. The number of aromatic nitrogens is 2. The number of anilines is 2. The minimum absolute atomic E-state index is 0.0516. The fourth-order valence-corrected chi connectivity index (χ4v) is 2.96. The van der Waals surface area contributed by atoms with Crippen molar-refractivity contribution < 1.29 is 9.90 Å². The number of ketones is 1. The lowest BCUT2D eigenvalue weighted by molar-refractivity contribution is 0.101. The molecular formula is C20H18ClN3O3. The van der Waals surface area contributed by atoms with Gasteiger partial charge in [-0.3, -0.25) is 9.59 Å². The minimum Gasteiger partial charge on any atom is -0.506 e. The Kier molecular flexibility index (Phi) is 5.28. The number of nitrogens with one attached hydrogen (secondary N) is 1. The Hall–Kier alpha value is -3.12. The average Bonchev–Trinajstić information content (AvgIpc) is 2.66. The summed E-state index contributed by atoms with van der Waals surface area (Å²) in [6, 6.07) is 13.6. The van der Waals surface area contributed by atoms with Gasteiger partial charge in [-0.05, 0) is 32.0 Å². The van der Waals surface area contributed by atoms with Gasteiger partial charge >= 0.3 is 0 Å². The van der Waals surface area contributed by atoms with Gasteiger partial charge in [-0.1, -0.05) is 41.9 Å². The van der Waals surface area contributed by atoms with Gasteiger partial charge < -0.3 is 10.4 Å². The molecule has 0 aliphatic heterocycles. The van der Waals surface area contributed by atoms with Crippen LogP contribution in [0.3, 0.4) is 0 Å². The molecule has 0 saturated heterocycles. The van der Waals surface area contributed by atoms with Crippen LogP contribution in [0, 0.1) is 0 Å². The molecule has 0 aliphatic carbocycles. The second-order valence-electron chi connectivity index (χ2n) is 5.93. The Morgan fingerprint density at radius 1 is 1.22 bits per heavy atom. The number of nitrogens with zero attached hydrogens (tertiary/aromatic N) is 2. The van der Waals surface area contributed by atoms with Gasteiger partial charge in [0.05, 0.1) is 11.3 Å². The molecule has 0 atom stereocenters. The molecule has 0 fully saturated rings. The second-order valence-corrected chi connectivity index (χ2v) is 6.36. The first-order valence-electron chi connectivity index (χ1n) is 8.39. The fourth-order valence-electron chi connectivity index (χ4n) is 2.78. The van der Waals surface area contributed by atoms with E-state index in [4.69, 9.17) is 11.6 Å². The van der Waals surface area contributed by atoms with Gasteiger partial charge in [0, 0.05) is 17.1 Å². The van der Waals surface area contributed by atoms with Crippen molar-refractivity contribution in [2.24, 2.45) is 0 Å². The maximum absolute atomic E-state index is 12.9. The maximum atomic E-state index is 12.9. The van der Waals surface area contributed by atoms with E-state index in [0.29, 0.717) is 22.8 Å². The van der Waals surface area contributed by atoms with E-state index in [1.54, 1.807) is 6.92 Å². The van der Waals surface area contributed by atoms with E-state index < -0.39 is 5.56 Å². The number of hydrogen-bond donors (Lipinski definition) is 2. The molecule has 0 spiro atoms. The molecule has 0 radical (unpaired) electrons. The number of carbonyl (C=O) groups is 1. The van der Waals surface area contributed by atoms with Gasteiger partial charge in [0.15, 0.2) is 5.78 Å².